The molecule has 23 heavy (non-hydrogen) atoms. The summed E-state index contributed by atoms with van der Waals surface area (Å²) in [5.74, 6) is 0.448. The van der Waals surface area contributed by atoms with Crippen LogP contribution in [-0.4, -0.2) is 53.4 Å². The molecule has 122 valence electrons. The van der Waals surface area contributed by atoms with E-state index in [1.165, 1.54) is 0 Å². The summed E-state index contributed by atoms with van der Waals surface area (Å²) in [5.41, 5.74) is 2.69. The Morgan fingerprint density at radius 3 is 2.52 bits per heavy atom. The molecule has 0 N–H and O–H groups in total. The van der Waals surface area contributed by atoms with Crippen molar-refractivity contribution in [1.82, 2.24) is 14.8 Å². The summed E-state index contributed by atoms with van der Waals surface area (Å²) in [4.78, 5) is 22.1. The second-order valence-electron chi connectivity index (χ2n) is 6.49. The second-order valence-corrected chi connectivity index (χ2v) is 6.49. The maximum Gasteiger partial charge on any atom is 0.254 e. The van der Waals surface area contributed by atoms with Crippen molar-refractivity contribution in [2.45, 2.75) is 26.7 Å². The fourth-order valence-electron chi connectivity index (χ4n) is 3.11. The van der Waals surface area contributed by atoms with Crippen molar-refractivity contribution in [2.24, 2.45) is 0 Å². The molecule has 0 atom stereocenters. The number of piperazine rings is 1. The van der Waals surface area contributed by atoms with Crippen molar-refractivity contribution < 1.29 is 4.79 Å². The van der Waals surface area contributed by atoms with Crippen LogP contribution in [0.5, 0.6) is 0 Å². The van der Waals surface area contributed by atoms with Gasteiger partial charge in [-0.25, -0.2) is 0 Å². The predicted octanol–water partition coefficient (Wildman–Crippen LogP) is 3.14. The highest BCUT2D eigenvalue weighted by molar-refractivity contribution is 6.06. The second kappa shape index (κ2) is 6.67. The molecule has 0 spiro atoms. The summed E-state index contributed by atoms with van der Waals surface area (Å²) in [6.07, 6.45) is 0. The Hall–Kier alpha value is -1.94. The molecule has 1 aromatic heterocycles. The lowest BCUT2D eigenvalue weighted by Gasteiger charge is -2.34. The first-order valence-electron chi connectivity index (χ1n) is 8.51. The molecule has 0 saturated carbocycles. The standard InChI is InChI=1S/C19H25N3O/c1-4-21-9-11-22(12-10-21)19(23)16-13-18(14(2)3)20-17-8-6-5-7-15(16)17/h5-8,13-14H,4,9-12H2,1-3H3. The lowest BCUT2D eigenvalue weighted by atomic mass is 10.0. The Morgan fingerprint density at radius 1 is 1.17 bits per heavy atom. The summed E-state index contributed by atoms with van der Waals surface area (Å²) in [5, 5.41) is 0.958. The fourth-order valence-corrected chi connectivity index (χ4v) is 3.11. The van der Waals surface area contributed by atoms with Crippen molar-refractivity contribution >= 4 is 16.8 Å². The Morgan fingerprint density at radius 2 is 1.87 bits per heavy atom. The molecule has 1 saturated heterocycles. The summed E-state index contributed by atoms with van der Waals surface area (Å²) in [7, 11) is 0. The number of nitrogens with zero attached hydrogens (tertiary/aromatic N) is 3. The minimum Gasteiger partial charge on any atom is -0.336 e. The lowest BCUT2D eigenvalue weighted by Crippen LogP contribution is -2.48. The third-order valence-corrected chi connectivity index (χ3v) is 4.66. The number of benzene rings is 1. The van der Waals surface area contributed by atoms with Crippen molar-refractivity contribution in [3.8, 4) is 0 Å². The zero-order valence-corrected chi connectivity index (χ0v) is 14.2. The van der Waals surface area contributed by atoms with Crippen LogP contribution in [-0.2, 0) is 0 Å². The van der Waals surface area contributed by atoms with Gasteiger partial charge in [-0.15, -0.1) is 0 Å². The number of likely N-dealkylation sites (N-methyl/N-ethyl adjacent to an activating group) is 1. The quantitative estimate of drug-likeness (QED) is 0.874. The van der Waals surface area contributed by atoms with Gasteiger partial charge in [0.2, 0.25) is 0 Å². The van der Waals surface area contributed by atoms with E-state index in [0.29, 0.717) is 5.92 Å². The highest BCUT2D eigenvalue weighted by Gasteiger charge is 2.23. The van der Waals surface area contributed by atoms with Gasteiger partial charge in [-0.05, 0) is 24.6 Å². The highest BCUT2D eigenvalue weighted by Crippen LogP contribution is 2.24. The van der Waals surface area contributed by atoms with E-state index < -0.39 is 0 Å². The van der Waals surface area contributed by atoms with Crippen LogP contribution in [0.2, 0.25) is 0 Å². The molecule has 1 amide bonds. The van der Waals surface area contributed by atoms with Crippen LogP contribution < -0.4 is 0 Å². The van der Waals surface area contributed by atoms with Gasteiger partial charge in [-0.3, -0.25) is 9.78 Å². The molecule has 1 aliphatic heterocycles. The van der Waals surface area contributed by atoms with Gasteiger partial charge in [0, 0.05) is 37.3 Å². The number of amides is 1. The first-order valence-corrected chi connectivity index (χ1v) is 8.51. The van der Waals surface area contributed by atoms with E-state index in [0.717, 1.165) is 54.9 Å². The molecule has 3 rings (SSSR count). The van der Waals surface area contributed by atoms with Gasteiger partial charge < -0.3 is 9.80 Å². The smallest absolute Gasteiger partial charge is 0.254 e. The number of aromatic nitrogens is 1. The number of pyridine rings is 1. The minimum absolute atomic E-state index is 0.140. The fraction of sp³-hybridized carbons (Fsp3) is 0.474. The van der Waals surface area contributed by atoms with Gasteiger partial charge in [-0.1, -0.05) is 39.0 Å². The number of hydrogen-bond donors (Lipinski definition) is 0. The average Bonchev–Trinajstić information content (AvgIpc) is 2.60. The summed E-state index contributed by atoms with van der Waals surface area (Å²) in [6, 6.07) is 9.94. The zero-order valence-electron chi connectivity index (χ0n) is 14.2. The van der Waals surface area contributed by atoms with Crippen LogP contribution in [0.3, 0.4) is 0 Å². The SMILES string of the molecule is CCN1CCN(C(=O)c2cc(C(C)C)nc3ccccc23)CC1. The maximum atomic E-state index is 13.1. The molecular weight excluding hydrogens is 286 g/mol. The van der Waals surface area contributed by atoms with Crippen LogP contribution in [0.1, 0.15) is 42.7 Å². The van der Waals surface area contributed by atoms with Crippen LogP contribution in [0.4, 0.5) is 0 Å². The number of carbonyl (C=O) groups is 1. The van der Waals surface area contributed by atoms with E-state index in [9.17, 15) is 4.79 Å². The Balaban J connectivity index is 1.96. The van der Waals surface area contributed by atoms with Gasteiger partial charge in [0.15, 0.2) is 0 Å². The molecule has 0 bridgehead atoms. The monoisotopic (exact) mass is 311 g/mol. The highest BCUT2D eigenvalue weighted by atomic mass is 16.2. The van der Waals surface area contributed by atoms with Gasteiger partial charge in [-0.2, -0.15) is 0 Å². The molecule has 1 fully saturated rings. The predicted molar refractivity (Wildman–Crippen MR) is 93.8 cm³/mol. The molecule has 0 unspecified atom stereocenters. The molecule has 2 heterocycles. The topological polar surface area (TPSA) is 36.4 Å². The lowest BCUT2D eigenvalue weighted by molar-refractivity contribution is 0.0645. The van der Waals surface area contributed by atoms with Gasteiger partial charge in [0.05, 0.1) is 11.1 Å². The van der Waals surface area contributed by atoms with E-state index in [1.807, 2.05) is 35.2 Å². The van der Waals surface area contributed by atoms with E-state index in [-0.39, 0.29) is 5.91 Å². The van der Waals surface area contributed by atoms with Crippen molar-refractivity contribution in [2.75, 3.05) is 32.7 Å². The maximum absolute atomic E-state index is 13.1. The first-order chi connectivity index (χ1) is 11.1. The number of hydrogen-bond acceptors (Lipinski definition) is 3. The molecular formula is C19H25N3O. The summed E-state index contributed by atoms with van der Waals surface area (Å²) < 4.78 is 0. The van der Waals surface area contributed by atoms with Gasteiger partial charge >= 0.3 is 0 Å². The number of para-hydroxylation sites is 1. The molecule has 0 aliphatic carbocycles. The number of carbonyl (C=O) groups excluding carboxylic acids is 1. The zero-order chi connectivity index (χ0) is 16.4. The third kappa shape index (κ3) is 3.22. The van der Waals surface area contributed by atoms with E-state index in [2.05, 4.69) is 25.7 Å². The van der Waals surface area contributed by atoms with E-state index >= 15 is 0 Å². The molecule has 1 aliphatic rings. The van der Waals surface area contributed by atoms with E-state index in [4.69, 9.17) is 4.98 Å². The summed E-state index contributed by atoms with van der Waals surface area (Å²) in [6.45, 7) is 11.0. The van der Waals surface area contributed by atoms with E-state index in [1.54, 1.807) is 0 Å². The Bertz CT molecular complexity index is 703. The molecule has 0 radical (unpaired) electrons. The van der Waals surface area contributed by atoms with Gasteiger partial charge in [0.25, 0.3) is 5.91 Å². The first kappa shape index (κ1) is 15.9. The Kier molecular flexibility index (Phi) is 4.62. The van der Waals surface area contributed by atoms with Crippen LogP contribution in [0.15, 0.2) is 30.3 Å². The van der Waals surface area contributed by atoms with Crippen LogP contribution in [0, 0.1) is 0 Å². The van der Waals surface area contributed by atoms with Crippen molar-refractivity contribution in [3.05, 3.63) is 41.6 Å². The van der Waals surface area contributed by atoms with Crippen molar-refractivity contribution in [3.63, 3.8) is 0 Å². The van der Waals surface area contributed by atoms with Crippen LogP contribution >= 0.6 is 0 Å². The third-order valence-electron chi connectivity index (χ3n) is 4.66. The molecule has 4 nitrogen and oxygen atoms in total. The molecule has 1 aromatic carbocycles. The van der Waals surface area contributed by atoms with Gasteiger partial charge in [0.1, 0.15) is 0 Å². The minimum atomic E-state index is 0.140. The number of fused-ring (bicyclic) bond motifs is 1. The number of rotatable bonds is 3. The van der Waals surface area contributed by atoms with Crippen LogP contribution in [0.25, 0.3) is 10.9 Å². The average molecular weight is 311 g/mol. The normalized spacial score (nSPS) is 16.3. The molecule has 2 aromatic rings. The summed E-state index contributed by atoms with van der Waals surface area (Å²) >= 11 is 0. The largest absolute Gasteiger partial charge is 0.336 e. The molecule has 4 heteroatoms. The van der Waals surface area contributed by atoms with Crippen molar-refractivity contribution in [1.29, 1.82) is 0 Å². The Labute approximate surface area is 138 Å².